The van der Waals surface area contributed by atoms with Crippen LogP contribution < -0.4 is 14.8 Å². The van der Waals surface area contributed by atoms with Crippen molar-refractivity contribution in [3.63, 3.8) is 0 Å². The van der Waals surface area contributed by atoms with Gasteiger partial charge in [0.1, 0.15) is 5.75 Å². The fourth-order valence-corrected chi connectivity index (χ4v) is 4.38. The van der Waals surface area contributed by atoms with E-state index in [4.69, 9.17) is 4.74 Å². The molecule has 2 N–H and O–H groups in total. The van der Waals surface area contributed by atoms with E-state index in [1.54, 1.807) is 38.3 Å². The van der Waals surface area contributed by atoms with Crippen LogP contribution in [-0.2, 0) is 14.8 Å². The predicted octanol–water partition coefficient (Wildman–Crippen LogP) is 3.18. The van der Waals surface area contributed by atoms with Gasteiger partial charge in [-0.3, -0.25) is 4.79 Å². The Morgan fingerprint density at radius 3 is 2.50 bits per heavy atom. The van der Waals surface area contributed by atoms with E-state index in [0.29, 0.717) is 17.7 Å². The molecule has 138 valence electrons. The fourth-order valence-electron chi connectivity index (χ4n) is 3.04. The van der Waals surface area contributed by atoms with E-state index in [9.17, 15) is 13.2 Å². The number of rotatable bonds is 6. The smallest absolute Gasteiger partial charge is 0.241 e. The maximum absolute atomic E-state index is 12.8. The van der Waals surface area contributed by atoms with Crippen molar-refractivity contribution in [2.75, 3.05) is 12.4 Å². The van der Waals surface area contributed by atoms with Crippen LogP contribution in [0.15, 0.2) is 47.4 Å². The molecule has 1 heterocycles. The molecule has 0 bridgehead atoms. The van der Waals surface area contributed by atoms with Crippen LogP contribution in [0, 0.1) is 0 Å². The normalized spacial score (nSPS) is 17.5. The summed E-state index contributed by atoms with van der Waals surface area (Å²) in [6.45, 7) is 3.68. The molecule has 1 amide bonds. The molecule has 0 aromatic heterocycles. The van der Waals surface area contributed by atoms with Crippen molar-refractivity contribution in [3.8, 4) is 5.75 Å². The highest BCUT2D eigenvalue weighted by Gasteiger charge is 2.29. The first-order valence-electron chi connectivity index (χ1n) is 8.46. The Balaban J connectivity index is 1.87. The van der Waals surface area contributed by atoms with Crippen molar-refractivity contribution in [3.05, 3.63) is 53.6 Å². The van der Waals surface area contributed by atoms with Crippen molar-refractivity contribution in [2.45, 2.75) is 37.1 Å². The van der Waals surface area contributed by atoms with Gasteiger partial charge in [-0.1, -0.05) is 19.1 Å². The second-order valence-corrected chi connectivity index (χ2v) is 8.03. The van der Waals surface area contributed by atoms with Crippen molar-refractivity contribution in [1.29, 1.82) is 0 Å². The lowest BCUT2D eigenvalue weighted by Crippen LogP contribution is -2.28. The number of carbonyl (C=O) groups is 1. The highest BCUT2D eigenvalue weighted by atomic mass is 32.2. The van der Waals surface area contributed by atoms with E-state index < -0.39 is 10.0 Å². The Morgan fingerprint density at radius 2 is 1.88 bits per heavy atom. The van der Waals surface area contributed by atoms with Gasteiger partial charge in [0.05, 0.1) is 17.9 Å². The number of nitrogens with one attached hydrogen (secondary N) is 2. The summed E-state index contributed by atoms with van der Waals surface area (Å²) in [6.07, 6.45) is 0.604. The zero-order valence-electron chi connectivity index (χ0n) is 14.9. The third-order valence-corrected chi connectivity index (χ3v) is 6.14. The maximum atomic E-state index is 12.8. The molecule has 6 nitrogen and oxygen atoms in total. The number of hydrogen-bond acceptors (Lipinski definition) is 4. The van der Waals surface area contributed by atoms with Crippen LogP contribution >= 0.6 is 0 Å². The van der Waals surface area contributed by atoms with Crippen molar-refractivity contribution < 1.29 is 17.9 Å². The Bertz CT molecular complexity index is 923. The number of fused-ring (bicyclic) bond motifs is 1. The zero-order valence-corrected chi connectivity index (χ0v) is 15.8. The molecule has 2 aromatic carbocycles. The maximum Gasteiger partial charge on any atom is 0.241 e. The van der Waals surface area contributed by atoms with E-state index in [0.717, 1.165) is 11.3 Å². The number of hydrogen-bond donors (Lipinski definition) is 2. The molecule has 0 aliphatic carbocycles. The van der Waals surface area contributed by atoms with Crippen LogP contribution in [0.3, 0.4) is 0 Å². The Hall–Kier alpha value is -2.38. The summed E-state index contributed by atoms with van der Waals surface area (Å²) >= 11 is 0. The standard InChI is InChI=1S/C19H22N2O4S/c1-4-17(13-5-7-14(25-3)8-6-13)21-26(23,24)15-9-10-18-16(11-15)12(2)19(22)20-18/h5-12,17,21H,4H2,1-3H3,(H,20,22)/t12-,17-/m1/s1. The van der Waals surface area contributed by atoms with E-state index in [2.05, 4.69) is 10.0 Å². The molecule has 0 saturated heterocycles. The summed E-state index contributed by atoms with van der Waals surface area (Å²) in [4.78, 5) is 11.9. The van der Waals surface area contributed by atoms with Crippen LogP contribution in [0.5, 0.6) is 5.75 Å². The Labute approximate surface area is 153 Å². The first-order valence-corrected chi connectivity index (χ1v) is 9.95. The number of benzene rings is 2. The summed E-state index contributed by atoms with van der Waals surface area (Å²) in [5.74, 6) is 0.243. The van der Waals surface area contributed by atoms with Crippen LogP contribution in [0.2, 0.25) is 0 Å². The van der Waals surface area contributed by atoms with Crippen LogP contribution in [-0.4, -0.2) is 21.4 Å². The second kappa shape index (κ2) is 7.09. The molecule has 2 atom stereocenters. The number of carbonyl (C=O) groups excluding carboxylic acids is 1. The van der Waals surface area contributed by atoms with Crippen molar-refractivity contribution in [2.24, 2.45) is 0 Å². The summed E-state index contributed by atoms with van der Waals surface area (Å²) in [6, 6.07) is 11.7. The first-order chi connectivity index (χ1) is 12.4. The first kappa shape index (κ1) is 18.4. The minimum atomic E-state index is -3.72. The third kappa shape index (κ3) is 3.45. The van der Waals surface area contributed by atoms with Crippen molar-refractivity contribution >= 4 is 21.6 Å². The van der Waals surface area contributed by atoms with Gasteiger partial charge in [-0.05, 0) is 54.8 Å². The van der Waals surface area contributed by atoms with Gasteiger partial charge in [0.25, 0.3) is 0 Å². The molecule has 0 radical (unpaired) electrons. The quantitative estimate of drug-likeness (QED) is 0.813. The molecule has 1 aliphatic heterocycles. The minimum Gasteiger partial charge on any atom is -0.497 e. The molecule has 0 unspecified atom stereocenters. The van der Waals surface area contributed by atoms with E-state index in [-0.39, 0.29) is 22.8 Å². The van der Waals surface area contributed by atoms with E-state index in [1.165, 1.54) is 6.07 Å². The Morgan fingerprint density at radius 1 is 1.19 bits per heavy atom. The number of ether oxygens (including phenoxy) is 1. The number of anilines is 1. The van der Waals surface area contributed by atoms with Gasteiger partial charge in [-0.2, -0.15) is 0 Å². The highest BCUT2D eigenvalue weighted by molar-refractivity contribution is 7.89. The second-order valence-electron chi connectivity index (χ2n) is 6.32. The van der Waals surface area contributed by atoms with Gasteiger partial charge in [0, 0.05) is 11.7 Å². The molecular weight excluding hydrogens is 352 g/mol. The fraction of sp³-hybridized carbons (Fsp3) is 0.316. The molecule has 0 fully saturated rings. The Kier molecular flexibility index (Phi) is 5.02. The van der Waals surface area contributed by atoms with Gasteiger partial charge in [0.2, 0.25) is 15.9 Å². The lowest BCUT2D eigenvalue weighted by Gasteiger charge is -2.18. The number of amides is 1. The monoisotopic (exact) mass is 374 g/mol. The highest BCUT2D eigenvalue weighted by Crippen LogP contribution is 2.34. The predicted molar refractivity (Wildman–Crippen MR) is 99.8 cm³/mol. The van der Waals surface area contributed by atoms with Gasteiger partial charge in [-0.15, -0.1) is 0 Å². The zero-order chi connectivity index (χ0) is 18.9. The van der Waals surface area contributed by atoms with Crippen molar-refractivity contribution in [1.82, 2.24) is 4.72 Å². The molecule has 7 heteroatoms. The molecule has 1 aliphatic rings. The molecular formula is C19H22N2O4S. The summed E-state index contributed by atoms with van der Waals surface area (Å²) in [5, 5.41) is 2.75. The summed E-state index contributed by atoms with van der Waals surface area (Å²) < 4.78 is 33.6. The summed E-state index contributed by atoms with van der Waals surface area (Å²) in [5.41, 5.74) is 2.24. The lowest BCUT2D eigenvalue weighted by molar-refractivity contribution is -0.116. The average molecular weight is 374 g/mol. The van der Waals surface area contributed by atoms with Gasteiger partial charge < -0.3 is 10.1 Å². The van der Waals surface area contributed by atoms with Gasteiger partial charge in [-0.25, -0.2) is 13.1 Å². The largest absolute Gasteiger partial charge is 0.497 e. The van der Waals surface area contributed by atoms with Gasteiger partial charge in [0.15, 0.2) is 0 Å². The number of methoxy groups -OCH3 is 1. The van der Waals surface area contributed by atoms with Crippen LogP contribution in [0.1, 0.15) is 43.4 Å². The summed E-state index contributed by atoms with van der Waals surface area (Å²) in [7, 11) is -2.13. The molecule has 2 aromatic rings. The van der Waals surface area contributed by atoms with E-state index >= 15 is 0 Å². The molecule has 0 spiro atoms. The molecule has 26 heavy (non-hydrogen) atoms. The third-order valence-electron chi connectivity index (χ3n) is 4.67. The molecule has 0 saturated carbocycles. The number of sulfonamides is 1. The molecule has 3 rings (SSSR count). The van der Waals surface area contributed by atoms with Gasteiger partial charge >= 0.3 is 0 Å². The van der Waals surface area contributed by atoms with Crippen LogP contribution in [0.25, 0.3) is 0 Å². The topological polar surface area (TPSA) is 84.5 Å². The average Bonchev–Trinajstić information content (AvgIpc) is 2.93. The minimum absolute atomic E-state index is 0.118. The van der Waals surface area contributed by atoms with E-state index in [1.807, 2.05) is 19.1 Å². The van der Waals surface area contributed by atoms with Crippen LogP contribution in [0.4, 0.5) is 5.69 Å². The SMILES string of the molecule is CC[C@@H](NS(=O)(=O)c1ccc2c(c1)[C@@H](C)C(=O)N2)c1ccc(OC)cc1. The lowest BCUT2D eigenvalue weighted by atomic mass is 10.0.